The number of hydrogen-bond donors (Lipinski definition) is 1. The van der Waals surface area contributed by atoms with Crippen LogP contribution in [0.15, 0.2) is 18.2 Å². The Morgan fingerprint density at radius 1 is 1.35 bits per heavy atom. The van der Waals surface area contributed by atoms with Gasteiger partial charge in [0.1, 0.15) is 5.82 Å². The van der Waals surface area contributed by atoms with Gasteiger partial charge in [0, 0.05) is 3.57 Å². The average Bonchev–Trinajstić information content (AvgIpc) is 2.39. The molecule has 0 unspecified atom stereocenters. The monoisotopic (exact) mass is 408 g/mol. The summed E-state index contributed by atoms with van der Waals surface area (Å²) in [5, 5.41) is 2.99. The van der Waals surface area contributed by atoms with Crippen molar-refractivity contribution in [1.29, 1.82) is 0 Å². The standard InChI is InChI=1S/C12H11ClFIN4O/c1-2-5-20-12-18-10(13)17-11(19-12)16-9-4-3-7(14)6-8(9)15/h3-4,6H,2,5H2,1H3,(H,16,17,18,19). The molecule has 2 aromatic rings. The zero-order chi connectivity index (χ0) is 14.5. The largest absolute Gasteiger partial charge is 0.463 e. The number of benzene rings is 1. The fourth-order valence-corrected chi connectivity index (χ4v) is 2.12. The Balaban J connectivity index is 2.21. The minimum Gasteiger partial charge on any atom is -0.463 e. The van der Waals surface area contributed by atoms with Crippen LogP contribution in [0.1, 0.15) is 13.3 Å². The molecule has 1 heterocycles. The van der Waals surface area contributed by atoms with Gasteiger partial charge in [0.25, 0.3) is 0 Å². The summed E-state index contributed by atoms with van der Waals surface area (Å²) in [6.45, 7) is 2.47. The van der Waals surface area contributed by atoms with Crippen molar-refractivity contribution < 1.29 is 9.13 Å². The highest BCUT2D eigenvalue weighted by Gasteiger charge is 2.08. The van der Waals surface area contributed by atoms with Gasteiger partial charge in [0.15, 0.2) is 0 Å². The molecule has 0 aliphatic rings. The third kappa shape index (κ3) is 4.14. The summed E-state index contributed by atoms with van der Waals surface area (Å²) in [6.07, 6.45) is 0.835. The van der Waals surface area contributed by atoms with Crippen LogP contribution in [0, 0.1) is 9.39 Å². The molecule has 1 N–H and O–H groups in total. The van der Waals surface area contributed by atoms with Gasteiger partial charge < -0.3 is 10.1 Å². The molecular formula is C12H11ClFIN4O. The normalized spacial score (nSPS) is 10.4. The van der Waals surface area contributed by atoms with E-state index in [0.717, 1.165) is 6.42 Å². The van der Waals surface area contributed by atoms with E-state index in [1.54, 1.807) is 6.07 Å². The summed E-state index contributed by atoms with van der Waals surface area (Å²) in [5.41, 5.74) is 0.677. The molecule has 1 aromatic heterocycles. The van der Waals surface area contributed by atoms with Crippen molar-refractivity contribution in [2.45, 2.75) is 13.3 Å². The third-order valence-electron chi connectivity index (χ3n) is 2.20. The molecule has 0 bridgehead atoms. The highest BCUT2D eigenvalue weighted by atomic mass is 127. The Hall–Kier alpha value is -1.22. The van der Waals surface area contributed by atoms with Crippen LogP contribution in [-0.2, 0) is 0 Å². The van der Waals surface area contributed by atoms with Crippen molar-refractivity contribution in [3.05, 3.63) is 32.9 Å². The summed E-state index contributed by atoms with van der Waals surface area (Å²) in [7, 11) is 0. The van der Waals surface area contributed by atoms with Gasteiger partial charge in [-0.3, -0.25) is 0 Å². The minimum atomic E-state index is -0.305. The SMILES string of the molecule is CCCOc1nc(Cl)nc(Nc2ccc(F)cc2I)n1. The van der Waals surface area contributed by atoms with E-state index in [4.69, 9.17) is 16.3 Å². The smallest absolute Gasteiger partial charge is 0.322 e. The van der Waals surface area contributed by atoms with Crippen LogP contribution in [0.4, 0.5) is 16.0 Å². The van der Waals surface area contributed by atoms with E-state index in [2.05, 4.69) is 20.3 Å². The summed E-state index contributed by atoms with van der Waals surface area (Å²) in [6, 6.07) is 4.51. The fourth-order valence-electron chi connectivity index (χ4n) is 1.36. The van der Waals surface area contributed by atoms with Crippen molar-refractivity contribution in [3.63, 3.8) is 0 Å². The van der Waals surface area contributed by atoms with Gasteiger partial charge in [-0.2, -0.15) is 15.0 Å². The van der Waals surface area contributed by atoms with Crippen LogP contribution in [0.3, 0.4) is 0 Å². The maximum absolute atomic E-state index is 13.0. The van der Waals surface area contributed by atoms with Gasteiger partial charge in [0.05, 0.1) is 12.3 Å². The number of hydrogen-bond acceptors (Lipinski definition) is 5. The Bertz CT molecular complexity index is 614. The van der Waals surface area contributed by atoms with Crippen LogP contribution in [0.2, 0.25) is 5.28 Å². The molecular weight excluding hydrogens is 398 g/mol. The average molecular weight is 409 g/mol. The number of ether oxygens (including phenoxy) is 1. The molecule has 8 heteroatoms. The predicted octanol–water partition coefficient (Wildman–Crippen LogP) is 3.80. The first kappa shape index (κ1) is 15.2. The van der Waals surface area contributed by atoms with Crippen LogP contribution in [0.25, 0.3) is 0 Å². The number of anilines is 2. The molecule has 5 nitrogen and oxygen atoms in total. The van der Waals surface area contributed by atoms with E-state index in [1.807, 2.05) is 29.5 Å². The van der Waals surface area contributed by atoms with Gasteiger partial charge in [-0.05, 0) is 58.8 Å². The predicted molar refractivity (Wildman–Crippen MR) is 83.0 cm³/mol. The van der Waals surface area contributed by atoms with Crippen molar-refractivity contribution in [3.8, 4) is 6.01 Å². The molecule has 0 saturated heterocycles. The second-order valence-electron chi connectivity index (χ2n) is 3.81. The number of rotatable bonds is 5. The molecule has 0 fully saturated rings. The van der Waals surface area contributed by atoms with Crippen molar-refractivity contribution in [1.82, 2.24) is 15.0 Å². The van der Waals surface area contributed by atoms with Gasteiger partial charge in [0.2, 0.25) is 11.2 Å². The first-order chi connectivity index (χ1) is 9.58. The Kier molecular flexibility index (Phi) is 5.30. The second kappa shape index (κ2) is 6.98. The van der Waals surface area contributed by atoms with Gasteiger partial charge >= 0.3 is 6.01 Å². The minimum absolute atomic E-state index is 0.0331. The highest BCUT2D eigenvalue weighted by molar-refractivity contribution is 14.1. The molecule has 0 saturated carbocycles. The van der Waals surface area contributed by atoms with E-state index < -0.39 is 0 Å². The molecule has 2 rings (SSSR count). The lowest BCUT2D eigenvalue weighted by atomic mass is 10.3. The zero-order valence-corrected chi connectivity index (χ0v) is 13.4. The first-order valence-corrected chi connectivity index (χ1v) is 7.30. The van der Waals surface area contributed by atoms with Crippen molar-refractivity contribution >= 4 is 45.8 Å². The summed E-state index contributed by atoms with van der Waals surface area (Å²) >= 11 is 7.83. The van der Waals surface area contributed by atoms with Gasteiger partial charge in [-0.15, -0.1) is 0 Å². The van der Waals surface area contributed by atoms with Crippen LogP contribution in [0.5, 0.6) is 6.01 Å². The van der Waals surface area contributed by atoms with Crippen molar-refractivity contribution in [2.75, 3.05) is 11.9 Å². The molecule has 1 aromatic carbocycles. The lowest BCUT2D eigenvalue weighted by Crippen LogP contribution is -2.05. The van der Waals surface area contributed by atoms with E-state index in [9.17, 15) is 4.39 Å². The Morgan fingerprint density at radius 3 is 2.85 bits per heavy atom. The lowest BCUT2D eigenvalue weighted by Gasteiger charge is -2.08. The quantitative estimate of drug-likeness (QED) is 0.763. The third-order valence-corrected chi connectivity index (χ3v) is 3.26. The lowest BCUT2D eigenvalue weighted by molar-refractivity contribution is 0.292. The van der Waals surface area contributed by atoms with Gasteiger partial charge in [-0.25, -0.2) is 4.39 Å². The zero-order valence-electron chi connectivity index (χ0n) is 10.5. The molecule has 0 atom stereocenters. The maximum atomic E-state index is 13.0. The van der Waals surface area contributed by atoms with Crippen molar-refractivity contribution in [2.24, 2.45) is 0 Å². The van der Waals surface area contributed by atoms with Crippen LogP contribution >= 0.6 is 34.2 Å². The van der Waals surface area contributed by atoms with E-state index in [0.29, 0.717) is 15.9 Å². The maximum Gasteiger partial charge on any atom is 0.322 e. The highest BCUT2D eigenvalue weighted by Crippen LogP contribution is 2.23. The molecule has 0 radical (unpaired) electrons. The summed E-state index contributed by atoms with van der Waals surface area (Å²) < 4.78 is 19.1. The van der Waals surface area contributed by atoms with E-state index in [1.165, 1.54) is 12.1 Å². The Labute approximate surface area is 134 Å². The molecule has 0 aliphatic heterocycles. The summed E-state index contributed by atoms with van der Waals surface area (Å²) in [4.78, 5) is 11.9. The molecule has 0 aliphatic carbocycles. The van der Waals surface area contributed by atoms with E-state index >= 15 is 0 Å². The number of aromatic nitrogens is 3. The Morgan fingerprint density at radius 2 is 2.15 bits per heavy atom. The second-order valence-corrected chi connectivity index (χ2v) is 5.31. The number of nitrogens with one attached hydrogen (secondary N) is 1. The topological polar surface area (TPSA) is 59.9 Å². The molecule has 106 valence electrons. The first-order valence-electron chi connectivity index (χ1n) is 5.85. The molecule has 20 heavy (non-hydrogen) atoms. The molecule has 0 amide bonds. The fraction of sp³-hybridized carbons (Fsp3) is 0.250. The summed E-state index contributed by atoms with van der Waals surface area (Å²) in [5.74, 6) is -0.0544. The van der Waals surface area contributed by atoms with E-state index in [-0.39, 0.29) is 23.1 Å². The number of halogens is 3. The molecule has 0 spiro atoms. The van der Waals surface area contributed by atoms with Gasteiger partial charge in [-0.1, -0.05) is 6.92 Å². The number of nitrogens with zero attached hydrogens (tertiary/aromatic N) is 3. The van der Waals surface area contributed by atoms with Crippen LogP contribution in [-0.4, -0.2) is 21.6 Å². The van der Waals surface area contributed by atoms with Crippen LogP contribution < -0.4 is 10.1 Å².